The Bertz CT molecular complexity index is 1010. The van der Waals surface area contributed by atoms with Crippen LogP contribution in [0.2, 0.25) is 0 Å². The number of rotatable bonds is 6. The summed E-state index contributed by atoms with van der Waals surface area (Å²) in [5, 5.41) is 11.3. The molecule has 9 nitrogen and oxygen atoms in total. The van der Waals surface area contributed by atoms with Crippen LogP contribution < -0.4 is 4.72 Å². The van der Waals surface area contributed by atoms with E-state index in [2.05, 4.69) is 16.4 Å². The van der Waals surface area contributed by atoms with Crippen molar-refractivity contribution < 1.29 is 22.9 Å². The lowest BCUT2D eigenvalue weighted by molar-refractivity contribution is -0.384. The van der Waals surface area contributed by atoms with Crippen LogP contribution in [0.3, 0.4) is 0 Å². The first kappa shape index (κ1) is 20.3. The first-order valence-corrected chi connectivity index (χ1v) is 10.6. The highest BCUT2D eigenvalue weighted by molar-refractivity contribution is 7.89. The number of benzene rings is 1. The normalized spacial score (nSPS) is 20.2. The second-order valence-electron chi connectivity index (χ2n) is 7.23. The third kappa shape index (κ3) is 4.17. The molecule has 0 atom stereocenters. The summed E-state index contributed by atoms with van der Waals surface area (Å²) in [5.41, 5.74) is 0.194. The first-order chi connectivity index (χ1) is 13.2. The van der Waals surface area contributed by atoms with Crippen LogP contribution in [-0.2, 0) is 26.1 Å². The van der Waals surface area contributed by atoms with Gasteiger partial charge in [0.05, 0.1) is 17.5 Å². The molecule has 1 saturated carbocycles. The van der Waals surface area contributed by atoms with Gasteiger partial charge in [0.2, 0.25) is 10.0 Å². The van der Waals surface area contributed by atoms with Gasteiger partial charge in [-0.3, -0.25) is 14.9 Å². The summed E-state index contributed by atoms with van der Waals surface area (Å²) in [4.78, 5) is 22.2. The molecule has 0 radical (unpaired) electrons. The van der Waals surface area contributed by atoms with E-state index < -0.39 is 20.9 Å². The number of nitro groups is 1. The smallest absolute Gasteiger partial charge is 0.325 e. The van der Waals surface area contributed by atoms with Crippen molar-refractivity contribution in [1.29, 1.82) is 0 Å². The van der Waals surface area contributed by atoms with Gasteiger partial charge in [-0.25, -0.2) is 13.1 Å². The third-order valence-electron chi connectivity index (χ3n) is 5.19. The molecule has 10 heteroatoms. The zero-order valence-corrected chi connectivity index (χ0v) is 16.6. The maximum Gasteiger partial charge on any atom is 0.325 e. The molecule has 1 fully saturated rings. The van der Waals surface area contributed by atoms with E-state index in [9.17, 15) is 23.3 Å². The maximum atomic E-state index is 13.0. The van der Waals surface area contributed by atoms with Gasteiger partial charge in [0.1, 0.15) is 11.4 Å². The Morgan fingerprint density at radius 3 is 2.61 bits per heavy atom. The molecule has 0 spiro atoms. The van der Waals surface area contributed by atoms with Gasteiger partial charge in [-0.15, -0.1) is 0 Å². The second-order valence-corrected chi connectivity index (χ2v) is 8.92. The molecule has 3 rings (SSSR count). The summed E-state index contributed by atoms with van der Waals surface area (Å²) in [7, 11) is -2.68. The topological polar surface area (TPSA) is 121 Å². The molecule has 2 aromatic rings. The lowest BCUT2D eigenvalue weighted by Crippen LogP contribution is -2.37. The van der Waals surface area contributed by atoms with Crippen LogP contribution in [0.4, 0.5) is 5.69 Å². The molecular weight excluding hydrogens is 386 g/mol. The van der Waals surface area contributed by atoms with Crippen LogP contribution in [0.15, 0.2) is 29.3 Å². The number of nitro benzene ring substituents is 1. The summed E-state index contributed by atoms with van der Waals surface area (Å²) in [6, 6.07) is 3.78. The molecule has 1 heterocycles. The second kappa shape index (κ2) is 7.88. The number of carbonyl (C=O) groups is 1. The third-order valence-corrected chi connectivity index (χ3v) is 6.74. The minimum Gasteiger partial charge on any atom is -0.468 e. The van der Waals surface area contributed by atoms with E-state index in [-0.39, 0.29) is 28.6 Å². The number of carbonyl (C=O) groups excluding carboxylic acids is 1. The predicted octanol–water partition coefficient (Wildman–Crippen LogP) is 2.58. The summed E-state index contributed by atoms with van der Waals surface area (Å²) in [6.45, 7) is 1.95. The lowest BCUT2D eigenvalue weighted by Gasteiger charge is -2.26. The fourth-order valence-electron chi connectivity index (χ4n) is 3.58. The number of ether oxygens (including phenoxy) is 1. The van der Waals surface area contributed by atoms with Crippen LogP contribution >= 0.6 is 0 Å². The summed E-state index contributed by atoms with van der Waals surface area (Å²) in [5.74, 6) is 0.0267. The van der Waals surface area contributed by atoms with E-state index in [1.54, 1.807) is 0 Å². The number of hydrogen-bond donors (Lipinski definition) is 1. The minimum absolute atomic E-state index is 0.0753. The van der Waals surface area contributed by atoms with E-state index in [1.165, 1.54) is 36.1 Å². The zero-order chi connectivity index (χ0) is 20.5. The largest absolute Gasteiger partial charge is 0.468 e. The van der Waals surface area contributed by atoms with Crippen molar-refractivity contribution in [3.05, 3.63) is 34.5 Å². The number of nitrogens with zero attached hydrogens (tertiary/aromatic N) is 2. The molecule has 0 saturated heterocycles. The number of sulfonamides is 1. The number of aromatic nitrogens is 1. The number of nitrogens with one attached hydrogen (secondary N) is 1. The number of fused-ring (bicyclic) bond motifs is 1. The first-order valence-electron chi connectivity index (χ1n) is 9.07. The zero-order valence-electron chi connectivity index (χ0n) is 15.8. The van der Waals surface area contributed by atoms with Crippen molar-refractivity contribution in [2.75, 3.05) is 7.11 Å². The molecule has 1 aromatic heterocycles. The predicted molar refractivity (Wildman–Crippen MR) is 102 cm³/mol. The van der Waals surface area contributed by atoms with E-state index in [0.29, 0.717) is 11.4 Å². The van der Waals surface area contributed by atoms with Crippen LogP contribution in [0.1, 0.15) is 32.6 Å². The SMILES string of the molecule is COC(=O)Cn1cc(S(=O)(=O)NC2CCC(C)CC2)c2cc([N+](=O)[O-])ccc21. The van der Waals surface area contributed by atoms with Crippen LogP contribution in [0, 0.1) is 16.0 Å². The van der Waals surface area contributed by atoms with Gasteiger partial charge in [0, 0.05) is 29.8 Å². The Kier molecular flexibility index (Phi) is 5.71. The monoisotopic (exact) mass is 409 g/mol. The molecule has 0 bridgehead atoms. The standard InChI is InChI=1S/C18H23N3O6S/c1-12-3-5-13(6-4-12)19-28(25,26)17-10-20(11-18(22)27-2)16-8-7-14(21(23)24)9-15(16)17/h7-10,12-13,19H,3-6,11H2,1-2H3. The Labute approximate surface area is 162 Å². The van der Waals surface area contributed by atoms with Crippen LogP contribution in [-0.4, -0.2) is 37.0 Å². The summed E-state index contributed by atoms with van der Waals surface area (Å²) < 4.78 is 34.9. The molecular formula is C18H23N3O6S. The molecule has 0 unspecified atom stereocenters. The van der Waals surface area contributed by atoms with Gasteiger partial charge in [-0.05, 0) is 37.7 Å². The van der Waals surface area contributed by atoms with Gasteiger partial charge in [-0.2, -0.15) is 0 Å². The average molecular weight is 409 g/mol. The fraction of sp³-hybridized carbons (Fsp3) is 0.500. The highest BCUT2D eigenvalue weighted by Gasteiger charge is 2.28. The quantitative estimate of drug-likeness (QED) is 0.445. The Morgan fingerprint density at radius 2 is 2.00 bits per heavy atom. The van der Waals surface area contributed by atoms with Crippen molar-refractivity contribution >= 4 is 32.6 Å². The molecule has 1 aromatic carbocycles. The number of methoxy groups -OCH3 is 1. The van der Waals surface area contributed by atoms with Crippen molar-refractivity contribution in [3.63, 3.8) is 0 Å². The van der Waals surface area contributed by atoms with Crippen LogP contribution in [0.25, 0.3) is 10.9 Å². The number of non-ortho nitro benzene ring substituents is 1. The summed E-state index contributed by atoms with van der Waals surface area (Å²) >= 11 is 0. The Morgan fingerprint density at radius 1 is 1.32 bits per heavy atom. The Balaban J connectivity index is 2.03. The molecule has 1 aliphatic carbocycles. The van der Waals surface area contributed by atoms with Gasteiger partial charge in [0.25, 0.3) is 5.69 Å². The maximum absolute atomic E-state index is 13.0. The van der Waals surface area contributed by atoms with Crippen molar-refractivity contribution in [1.82, 2.24) is 9.29 Å². The van der Waals surface area contributed by atoms with Gasteiger partial charge < -0.3 is 9.30 Å². The highest BCUT2D eigenvalue weighted by atomic mass is 32.2. The van der Waals surface area contributed by atoms with Gasteiger partial charge in [0.15, 0.2) is 0 Å². The summed E-state index contributed by atoms with van der Waals surface area (Å²) in [6.07, 6.45) is 4.73. The molecule has 1 N–H and O–H groups in total. The highest BCUT2D eigenvalue weighted by Crippen LogP contribution is 2.31. The molecule has 1 aliphatic rings. The average Bonchev–Trinajstić information content (AvgIpc) is 3.02. The Hall–Kier alpha value is -2.46. The molecule has 152 valence electrons. The molecule has 28 heavy (non-hydrogen) atoms. The van der Waals surface area contributed by atoms with Crippen LogP contribution in [0.5, 0.6) is 0 Å². The fourth-order valence-corrected chi connectivity index (χ4v) is 5.10. The van der Waals surface area contributed by atoms with E-state index >= 15 is 0 Å². The van der Waals surface area contributed by atoms with Gasteiger partial charge in [-0.1, -0.05) is 6.92 Å². The number of esters is 1. The van der Waals surface area contributed by atoms with Crippen molar-refractivity contribution in [2.24, 2.45) is 5.92 Å². The number of hydrogen-bond acceptors (Lipinski definition) is 6. The minimum atomic E-state index is -3.91. The van der Waals surface area contributed by atoms with E-state index in [4.69, 9.17) is 0 Å². The molecule has 0 aliphatic heterocycles. The van der Waals surface area contributed by atoms with E-state index in [1.807, 2.05) is 0 Å². The molecule has 0 amide bonds. The lowest BCUT2D eigenvalue weighted by atomic mass is 9.88. The van der Waals surface area contributed by atoms with Crippen molar-refractivity contribution in [2.45, 2.75) is 50.1 Å². The van der Waals surface area contributed by atoms with Crippen molar-refractivity contribution in [3.8, 4) is 0 Å². The van der Waals surface area contributed by atoms with Gasteiger partial charge >= 0.3 is 5.97 Å². The van der Waals surface area contributed by atoms with E-state index in [0.717, 1.165) is 25.7 Å².